The molecule has 0 radical (unpaired) electrons. The number of carbonyl (C=O) groups is 2. The van der Waals surface area contributed by atoms with Crippen LogP contribution in [0.4, 0.5) is 0 Å². The summed E-state index contributed by atoms with van der Waals surface area (Å²) in [5.74, 6) is -0.0188. The zero-order chi connectivity index (χ0) is 9.40. The molecule has 0 heterocycles. The van der Waals surface area contributed by atoms with Gasteiger partial charge in [-0.25, -0.2) is 0 Å². The zero-order valence-electron chi connectivity index (χ0n) is 7.38. The minimum Gasteiger partial charge on any atom is -0.356 e. The Labute approximate surface area is 72.5 Å². The molecule has 12 heavy (non-hydrogen) atoms. The lowest BCUT2D eigenvalue weighted by atomic mass is 10.1. The molecular weight excluding hydrogens is 156 g/mol. The zero-order valence-corrected chi connectivity index (χ0v) is 7.38. The summed E-state index contributed by atoms with van der Waals surface area (Å²) in [7, 11) is 0. The molecule has 0 aromatic carbocycles. The molecule has 0 bridgehead atoms. The molecule has 0 aliphatic rings. The summed E-state index contributed by atoms with van der Waals surface area (Å²) in [6.45, 7) is 2.15. The first-order valence-corrected chi connectivity index (χ1v) is 4.12. The van der Waals surface area contributed by atoms with Crippen LogP contribution in [0.2, 0.25) is 0 Å². The number of nitrogens with one attached hydrogen (secondary N) is 1. The first-order chi connectivity index (χ1) is 5.66. The molecule has 0 unspecified atom stereocenters. The van der Waals surface area contributed by atoms with E-state index in [1.165, 1.54) is 6.92 Å². The Morgan fingerprint density at radius 3 is 2.75 bits per heavy atom. The third kappa shape index (κ3) is 7.21. The van der Waals surface area contributed by atoms with Gasteiger partial charge in [0.1, 0.15) is 6.29 Å². The number of hydrogen-bond acceptors (Lipinski definition) is 3. The summed E-state index contributed by atoms with van der Waals surface area (Å²) in [6.07, 6.45) is 3.20. The first-order valence-electron chi connectivity index (χ1n) is 4.12. The quantitative estimate of drug-likeness (QED) is 0.431. The van der Waals surface area contributed by atoms with Crippen molar-refractivity contribution in [2.75, 3.05) is 6.54 Å². The standard InChI is InChI=1S/C8H16N2O2/c1-7(12)10-5-3-2-4-8(9)6-11/h6,8H,2-5,9H2,1H3,(H,10,12)/t8-/m0/s1. The molecule has 1 amide bonds. The Morgan fingerprint density at radius 1 is 1.58 bits per heavy atom. The van der Waals surface area contributed by atoms with Gasteiger partial charge in [-0.3, -0.25) is 4.79 Å². The minimum absolute atomic E-state index is 0.0188. The molecule has 0 rings (SSSR count). The second-order valence-corrected chi connectivity index (χ2v) is 2.78. The predicted octanol–water partition coefficient (Wildman–Crippen LogP) is -0.181. The Hall–Kier alpha value is -0.900. The smallest absolute Gasteiger partial charge is 0.216 e. The first kappa shape index (κ1) is 11.1. The van der Waals surface area contributed by atoms with Crippen molar-refractivity contribution in [1.82, 2.24) is 5.32 Å². The number of aldehydes is 1. The van der Waals surface area contributed by atoms with E-state index in [0.29, 0.717) is 13.0 Å². The lowest BCUT2D eigenvalue weighted by Crippen LogP contribution is -2.23. The molecule has 0 aromatic heterocycles. The summed E-state index contributed by atoms with van der Waals surface area (Å²) in [6, 6.07) is -0.345. The highest BCUT2D eigenvalue weighted by Gasteiger charge is 1.98. The van der Waals surface area contributed by atoms with E-state index in [-0.39, 0.29) is 11.9 Å². The average Bonchev–Trinajstić information content (AvgIpc) is 2.03. The molecule has 4 nitrogen and oxygen atoms in total. The van der Waals surface area contributed by atoms with Gasteiger partial charge in [-0.15, -0.1) is 0 Å². The van der Waals surface area contributed by atoms with Crippen LogP contribution in [0.5, 0.6) is 0 Å². The molecule has 4 heteroatoms. The molecule has 70 valence electrons. The molecule has 0 saturated heterocycles. The van der Waals surface area contributed by atoms with E-state index >= 15 is 0 Å². The van der Waals surface area contributed by atoms with Crippen LogP contribution in [0.15, 0.2) is 0 Å². The number of amides is 1. The fraction of sp³-hybridized carbons (Fsp3) is 0.750. The molecular formula is C8H16N2O2. The van der Waals surface area contributed by atoms with Crippen molar-refractivity contribution in [2.24, 2.45) is 5.73 Å². The topological polar surface area (TPSA) is 72.2 Å². The van der Waals surface area contributed by atoms with Gasteiger partial charge in [0.15, 0.2) is 0 Å². The van der Waals surface area contributed by atoms with E-state index in [4.69, 9.17) is 5.73 Å². The van der Waals surface area contributed by atoms with Gasteiger partial charge < -0.3 is 15.8 Å². The summed E-state index contributed by atoms with van der Waals surface area (Å²) in [5.41, 5.74) is 5.36. The Balaban J connectivity index is 3.10. The predicted molar refractivity (Wildman–Crippen MR) is 46.6 cm³/mol. The highest BCUT2D eigenvalue weighted by molar-refractivity contribution is 5.72. The Bertz CT molecular complexity index is 148. The van der Waals surface area contributed by atoms with Gasteiger partial charge in [0, 0.05) is 13.5 Å². The van der Waals surface area contributed by atoms with Crippen LogP contribution in [-0.4, -0.2) is 24.8 Å². The molecule has 0 aliphatic heterocycles. The van der Waals surface area contributed by atoms with Gasteiger partial charge in [0.25, 0.3) is 0 Å². The third-order valence-electron chi connectivity index (χ3n) is 1.51. The molecule has 0 aliphatic carbocycles. The van der Waals surface area contributed by atoms with Crippen molar-refractivity contribution in [3.8, 4) is 0 Å². The van der Waals surface area contributed by atoms with Crippen molar-refractivity contribution in [1.29, 1.82) is 0 Å². The van der Waals surface area contributed by atoms with Crippen LogP contribution in [0.1, 0.15) is 26.2 Å². The van der Waals surface area contributed by atoms with Crippen LogP contribution in [0, 0.1) is 0 Å². The maximum Gasteiger partial charge on any atom is 0.216 e. The van der Waals surface area contributed by atoms with Crippen LogP contribution < -0.4 is 11.1 Å². The SMILES string of the molecule is CC(=O)NCCCC[C@H](N)C=O. The number of carbonyl (C=O) groups excluding carboxylic acids is 2. The van der Waals surface area contributed by atoms with Gasteiger partial charge in [-0.05, 0) is 19.3 Å². The van der Waals surface area contributed by atoms with Crippen molar-refractivity contribution in [3.05, 3.63) is 0 Å². The molecule has 0 fully saturated rings. The van der Waals surface area contributed by atoms with Crippen LogP contribution in [-0.2, 0) is 9.59 Å². The highest BCUT2D eigenvalue weighted by Crippen LogP contribution is 1.95. The van der Waals surface area contributed by atoms with Crippen LogP contribution in [0.25, 0.3) is 0 Å². The maximum absolute atomic E-state index is 10.4. The van der Waals surface area contributed by atoms with Gasteiger partial charge in [-0.1, -0.05) is 0 Å². The van der Waals surface area contributed by atoms with Crippen LogP contribution in [0.3, 0.4) is 0 Å². The summed E-state index contributed by atoms with van der Waals surface area (Å²) < 4.78 is 0. The molecule has 0 spiro atoms. The van der Waals surface area contributed by atoms with E-state index in [1.807, 2.05) is 0 Å². The van der Waals surface area contributed by atoms with Gasteiger partial charge >= 0.3 is 0 Å². The van der Waals surface area contributed by atoms with Crippen molar-refractivity contribution in [2.45, 2.75) is 32.2 Å². The molecule has 3 N–H and O–H groups in total. The summed E-state index contributed by atoms with van der Waals surface area (Å²) in [4.78, 5) is 20.5. The van der Waals surface area contributed by atoms with Gasteiger partial charge in [0.05, 0.1) is 6.04 Å². The molecule has 0 aromatic rings. The fourth-order valence-electron chi connectivity index (χ4n) is 0.838. The molecule has 1 atom stereocenters. The van der Waals surface area contributed by atoms with E-state index in [9.17, 15) is 9.59 Å². The summed E-state index contributed by atoms with van der Waals surface area (Å²) >= 11 is 0. The lowest BCUT2D eigenvalue weighted by molar-refractivity contribution is -0.119. The maximum atomic E-state index is 10.4. The van der Waals surface area contributed by atoms with Crippen molar-refractivity contribution < 1.29 is 9.59 Å². The minimum atomic E-state index is -0.345. The van der Waals surface area contributed by atoms with E-state index in [0.717, 1.165) is 19.1 Å². The number of nitrogens with two attached hydrogens (primary N) is 1. The summed E-state index contributed by atoms with van der Waals surface area (Å²) in [5, 5.41) is 2.67. The van der Waals surface area contributed by atoms with Crippen molar-refractivity contribution in [3.63, 3.8) is 0 Å². The lowest BCUT2D eigenvalue weighted by Gasteiger charge is -2.03. The van der Waals surface area contributed by atoms with Gasteiger partial charge in [0.2, 0.25) is 5.91 Å². The largest absolute Gasteiger partial charge is 0.356 e. The fourth-order valence-corrected chi connectivity index (χ4v) is 0.838. The number of hydrogen-bond donors (Lipinski definition) is 2. The monoisotopic (exact) mass is 172 g/mol. The second-order valence-electron chi connectivity index (χ2n) is 2.78. The number of unbranched alkanes of at least 4 members (excludes halogenated alkanes) is 1. The van der Waals surface area contributed by atoms with E-state index in [2.05, 4.69) is 5.32 Å². The molecule has 0 saturated carbocycles. The second kappa shape index (κ2) is 6.79. The Morgan fingerprint density at radius 2 is 2.25 bits per heavy atom. The number of rotatable bonds is 6. The Kier molecular flexibility index (Phi) is 6.28. The normalized spacial score (nSPS) is 12.2. The average molecular weight is 172 g/mol. The van der Waals surface area contributed by atoms with Crippen LogP contribution >= 0.6 is 0 Å². The van der Waals surface area contributed by atoms with E-state index in [1.54, 1.807) is 0 Å². The van der Waals surface area contributed by atoms with Crippen molar-refractivity contribution >= 4 is 12.2 Å². The van der Waals surface area contributed by atoms with Gasteiger partial charge in [-0.2, -0.15) is 0 Å². The van der Waals surface area contributed by atoms with E-state index < -0.39 is 0 Å². The highest BCUT2D eigenvalue weighted by atomic mass is 16.1. The third-order valence-corrected chi connectivity index (χ3v) is 1.51.